The molecule has 2 heterocycles. The highest BCUT2D eigenvalue weighted by Crippen LogP contribution is 2.27. The Balaban J connectivity index is 1.72. The molecule has 2 aliphatic rings. The van der Waals surface area contributed by atoms with Gasteiger partial charge in [-0.2, -0.15) is 0 Å². The summed E-state index contributed by atoms with van der Waals surface area (Å²) in [6, 6.07) is 5.66. The monoisotopic (exact) mass is 288 g/mol. The van der Waals surface area contributed by atoms with Gasteiger partial charge in [0.15, 0.2) is 0 Å². The Labute approximate surface area is 128 Å². The number of rotatable bonds is 2. The molecule has 2 unspecified atom stereocenters. The van der Waals surface area contributed by atoms with Crippen molar-refractivity contribution in [3.63, 3.8) is 0 Å². The van der Waals surface area contributed by atoms with Crippen molar-refractivity contribution >= 4 is 0 Å². The summed E-state index contributed by atoms with van der Waals surface area (Å²) in [7, 11) is 0. The van der Waals surface area contributed by atoms with Gasteiger partial charge in [0.2, 0.25) is 0 Å². The lowest BCUT2D eigenvalue weighted by molar-refractivity contribution is 0.0111. The van der Waals surface area contributed by atoms with Gasteiger partial charge in [0.1, 0.15) is 5.75 Å². The number of benzene rings is 1. The molecule has 3 rings (SSSR count). The first-order chi connectivity index (χ1) is 10.0. The van der Waals surface area contributed by atoms with Crippen molar-refractivity contribution in [2.24, 2.45) is 0 Å². The number of hydrogen-bond acceptors (Lipinski definition) is 3. The zero-order valence-corrected chi connectivity index (χ0v) is 13.6. The van der Waals surface area contributed by atoms with Crippen molar-refractivity contribution in [3.8, 4) is 5.75 Å². The summed E-state index contributed by atoms with van der Waals surface area (Å²) in [4.78, 5) is 5.32. The molecule has 0 amide bonds. The summed E-state index contributed by atoms with van der Waals surface area (Å²) >= 11 is 0. The minimum absolute atomic E-state index is 0.448. The molecule has 1 aromatic rings. The molecule has 2 atom stereocenters. The van der Waals surface area contributed by atoms with E-state index in [4.69, 9.17) is 0 Å². The van der Waals surface area contributed by atoms with Crippen molar-refractivity contribution < 1.29 is 5.11 Å². The smallest absolute Gasteiger partial charge is 0.121 e. The standard InChI is InChI=1S/C18H28N2O/c1-13-8-16(9-14(2)18(13)21)11-20-12-17-6-4-5-7-19(17)10-15(20)3/h8-9,15,17,21H,4-7,10-12H2,1-3H3. The van der Waals surface area contributed by atoms with E-state index >= 15 is 0 Å². The Hall–Kier alpha value is -1.06. The fraction of sp³-hybridized carbons (Fsp3) is 0.667. The van der Waals surface area contributed by atoms with Crippen LogP contribution in [0.25, 0.3) is 0 Å². The summed E-state index contributed by atoms with van der Waals surface area (Å²) in [5.74, 6) is 0.448. The maximum atomic E-state index is 9.92. The number of piperidine rings is 1. The summed E-state index contributed by atoms with van der Waals surface area (Å²) in [5.41, 5.74) is 3.32. The van der Waals surface area contributed by atoms with Gasteiger partial charge in [-0.3, -0.25) is 9.80 Å². The lowest BCUT2D eigenvalue weighted by atomic mass is 9.96. The maximum absolute atomic E-state index is 9.92. The highest BCUT2D eigenvalue weighted by atomic mass is 16.3. The molecule has 2 fully saturated rings. The second-order valence-electron chi connectivity index (χ2n) is 7.00. The summed E-state index contributed by atoms with van der Waals surface area (Å²) in [5, 5.41) is 9.92. The minimum Gasteiger partial charge on any atom is -0.507 e. The molecule has 1 aromatic carbocycles. The average molecular weight is 288 g/mol. The number of phenols is 1. The third-order valence-electron chi connectivity index (χ3n) is 5.25. The van der Waals surface area contributed by atoms with Crippen molar-refractivity contribution in [1.29, 1.82) is 0 Å². The predicted octanol–water partition coefficient (Wildman–Crippen LogP) is 3.07. The van der Waals surface area contributed by atoms with Gasteiger partial charge in [-0.05, 0) is 56.8 Å². The molecule has 0 bridgehead atoms. The van der Waals surface area contributed by atoms with E-state index in [1.165, 1.54) is 44.5 Å². The molecular formula is C18H28N2O. The van der Waals surface area contributed by atoms with Crippen molar-refractivity contribution in [3.05, 3.63) is 28.8 Å². The molecule has 3 heteroatoms. The Morgan fingerprint density at radius 1 is 1.14 bits per heavy atom. The summed E-state index contributed by atoms with van der Waals surface area (Å²) in [6.07, 6.45) is 4.12. The molecule has 0 aromatic heterocycles. The van der Waals surface area contributed by atoms with E-state index in [2.05, 4.69) is 28.9 Å². The third kappa shape index (κ3) is 3.09. The fourth-order valence-corrected chi connectivity index (χ4v) is 4.00. The van der Waals surface area contributed by atoms with Crippen LogP contribution in [0, 0.1) is 13.8 Å². The molecule has 0 spiro atoms. The van der Waals surface area contributed by atoms with Crippen LogP contribution in [-0.4, -0.2) is 46.6 Å². The van der Waals surface area contributed by atoms with Gasteiger partial charge < -0.3 is 5.11 Å². The van der Waals surface area contributed by atoms with E-state index in [9.17, 15) is 5.11 Å². The molecule has 3 nitrogen and oxygen atoms in total. The normalized spacial score (nSPS) is 27.6. The van der Waals surface area contributed by atoms with E-state index in [1.807, 2.05) is 13.8 Å². The van der Waals surface area contributed by atoms with Crippen molar-refractivity contribution in [1.82, 2.24) is 9.80 Å². The fourth-order valence-electron chi connectivity index (χ4n) is 4.00. The molecule has 2 aliphatic heterocycles. The zero-order chi connectivity index (χ0) is 15.0. The number of phenolic OH excluding ortho intramolecular Hbond substituents is 1. The molecule has 0 radical (unpaired) electrons. The van der Waals surface area contributed by atoms with Gasteiger partial charge in [0, 0.05) is 31.7 Å². The molecule has 0 saturated carbocycles. The molecular weight excluding hydrogens is 260 g/mol. The van der Waals surface area contributed by atoms with E-state index in [0.29, 0.717) is 11.8 Å². The Bertz CT molecular complexity index is 491. The number of fused-ring (bicyclic) bond motifs is 1. The SMILES string of the molecule is Cc1cc(CN2CC3CCCCN3CC2C)cc(C)c1O. The van der Waals surface area contributed by atoms with Gasteiger partial charge in [0.05, 0.1) is 0 Å². The van der Waals surface area contributed by atoms with Gasteiger partial charge in [0.25, 0.3) is 0 Å². The zero-order valence-electron chi connectivity index (χ0n) is 13.6. The Kier molecular flexibility index (Phi) is 4.23. The second-order valence-corrected chi connectivity index (χ2v) is 7.00. The first-order valence-electron chi connectivity index (χ1n) is 8.32. The van der Waals surface area contributed by atoms with Crippen LogP contribution in [0.3, 0.4) is 0 Å². The van der Waals surface area contributed by atoms with Gasteiger partial charge in [-0.25, -0.2) is 0 Å². The maximum Gasteiger partial charge on any atom is 0.121 e. The van der Waals surface area contributed by atoms with E-state index in [0.717, 1.165) is 23.7 Å². The number of aryl methyl sites for hydroxylation is 2. The van der Waals surface area contributed by atoms with Gasteiger partial charge in [-0.15, -0.1) is 0 Å². The first-order valence-corrected chi connectivity index (χ1v) is 8.32. The minimum atomic E-state index is 0.448. The average Bonchev–Trinajstić information content (AvgIpc) is 2.45. The van der Waals surface area contributed by atoms with E-state index < -0.39 is 0 Å². The van der Waals surface area contributed by atoms with Crippen LogP contribution in [0.1, 0.15) is 42.9 Å². The van der Waals surface area contributed by atoms with Crippen LogP contribution in [-0.2, 0) is 6.54 Å². The molecule has 21 heavy (non-hydrogen) atoms. The third-order valence-corrected chi connectivity index (χ3v) is 5.25. The largest absolute Gasteiger partial charge is 0.507 e. The van der Waals surface area contributed by atoms with Crippen LogP contribution in [0.15, 0.2) is 12.1 Å². The molecule has 2 saturated heterocycles. The number of piperazine rings is 1. The van der Waals surface area contributed by atoms with E-state index in [1.54, 1.807) is 0 Å². The van der Waals surface area contributed by atoms with Gasteiger partial charge >= 0.3 is 0 Å². The van der Waals surface area contributed by atoms with Crippen LogP contribution < -0.4 is 0 Å². The quantitative estimate of drug-likeness (QED) is 0.906. The predicted molar refractivity (Wildman–Crippen MR) is 86.7 cm³/mol. The Morgan fingerprint density at radius 3 is 2.57 bits per heavy atom. The Morgan fingerprint density at radius 2 is 1.86 bits per heavy atom. The lowest BCUT2D eigenvalue weighted by Gasteiger charge is -2.47. The van der Waals surface area contributed by atoms with Crippen LogP contribution in [0.2, 0.25) is 0 Å². The summed E-state index contributed by atoms with van der Waals surface area (Å²) < 4.78 is 0. The number of aromatic hydroxyl groups is 1. The lowest BCUT2D eigenvalue weighted by Crippen LogP contribution is -2.58. The van der Waals surface area contributed by atoms with E-state index in [-0.39, 0.29) is 0 Å². The van der Waals surface area contributed by atoms with Gasteiger partial charge in [-0.1, -0.05) is 18.6 Å². The van der Waals surface area contributed by atoms with Crippen LogP contribution in [0.4, 0.5) is 0 Å². The highest BCUT2D eigenvalue weighted by molar-refractivity contribution is 5.42. The second kappa shape index (κ2) is 5.98. The number of hydrogen-bond donors (Lipinski definition) is 1. The van der Waals surface area contributed by atoms with Crippen LogP contribution in [0.5, 0.6) is 5.75 Å². The molecule has 1 N–H and O–H groups in total. The van der Waals surface area contributed by atoms with Crippen LogP contribution >= 0.6 is 0 Å². The number of nitrogens with zero attached hydrogens (tertiary/aromatic N) is 2. The topological polar surface area (TPSA) is 26.7 Å². The van der Waals surface area contributed by atoms with Crippen molar-refractivity contribution in [2.45, 2.75) is 58.7 Å². The highest BCUT2D eigenvalue weighted by Gasteiger charge is 2.32. The summed E-state index contributed by atoms with van der Waals surface area (Å²) in [6.45, 7) is 11.0. The van der Waals surface area contributed by atoms with Crippen molar-refractivity contribution in [2.75, 3.05) is 19.6 Å². The molecule has 116 valence electrons. The molecule has 0 aliphatic carbocycles. The first kappa shape index (κ1) is 14.9.